The van der Waals surface area contributed by atoms with E-state index in [0.717, 1.165) is 4.31 Å². The van der Waals surface area contributed by atoms with Crippen molar-refractivity contribution in [2.75, 3.05) is 17.9 Å². The van der Waals surface area contributed by atoms with Gasteiger partial charge < -0.3 is 10.2 Å². The molecule has 196 valence electrons. The van der Waals surface area contributed by atoms with Crippen LogP contribution >= 0.6 is 23.2 Å². The van der Waals surface area contributed by atoms with Gasteiger partial charge in [0.15, 0.2) is 0 Å². The molecule has 10 heteroatoms. The fourth-order valence-electron chi connectivity index (χ4n) is 4.02. The summed E-state index contributed by atoms with van der Waals surface area (Å²) >= 11 is 12.8. The highest BCUT2D eigenvalue weighted by atomic mass is 35.5. The van der Waals surface area contributed by atoms with Gasteiger partial charge in [0, 0.05) is 29.2 Å². The topological polar surface area (TPSA) is 86.8 Å². The van der Waals surface area contributed by atoms with Crippen LogP contribution in [-0.2, 0) is 26.2 Å². The van der Waals surface area contributed by atoms with Gasteiger partial charge in [-0.3, -0.25) is 13.9 Å². The van der Waals surface area contributed by atoms with Crippen LogP contribution in [0.3, 0.4) is 0 Å². The normalized spacial score (nSPS) is 12.0. The first-order valence-electron chi connectivity index (χ1n) is 11.7. The number of hydrogen-bond donors (Lipinski definition) is 1. The summed E-state index contributed by atoms with van der Waals surface area (Å²) in [6.07, 6.45) is 0.295. The lowest BCUT2D eigenvalue weighted by atomic mass is 10.1. The predicted molar refractivity (Wildman–Crippen MR) is 147 cm³/mol. The number of nitrogens with one attached hydrogen (secondary N) is 1. The van der Waals surface area contributed by atoms with Crippen molar-refractivity contribution in [3.8, 4) is 0 Å². The third-order valence-electron chi connectivity index (χ3n) is 6.02. The highest BCUT2D eigenvalue weighted by Gasteiger charge is 2.34. The quantitative estimate of drug-likeness (QED) is 0.375. The molecule has 0 fully saturated rings. The zero-order valence-electron chi connectivity index (χ0n) is 20.8. The number of halogens is 2. The van der Waals surface area contributed by atoms with Crippen LogP contribution in [0.4, 0.5) is 5.69 Å². The van der Waals surface area contributed by atoms with E-state index in [1.54, 1.807) is 74.5 Å². The van der Waals surface area contributed by atoms with Gasteiger partial charge in [0.1, 0.15) is 12.6 Å². The van der Waals surface area contributed by atoms with Gasteiger partial charge in [0.05, 0.1) is 10.6 Å². The fourth-order valence-corrected chi connectivity index (χ4v) is 6.03. The van der Waals surface area contributed by atoms with Crippen LogP contribution in [0, 0.1) is 6.92 Å². The lowest BCUT2D eigenvalue weighted by Gasteiger charge is -2.33. The van der Waals surface area contributed by atoms with Crippen molar-refractivity contribution >= 4 is 50.7 Å². The van der Waals surface area contributed by atoms with Crippen molar-refractivity contribution < 1.29 is 18.0 Å². The zero-order chi connectivity index (χ0) is 27.2. The van der Waals surface area contributed by atoms with Crippen LogP contribution in [-0.4, -0.2) is 44.8 Å². The first kappa shape index (κ1) is 28.5. The summed E-state index contributed by atoms with van der Waals surface area (Å²) in [5.41, 5.74) is 1.51. The molecule has 1 unspecified atom stereocenters. The Morgan fingerprint density at radius 3 is 2.08 bits per heavy atom. The van der Waals surface area contributed by atoms with E-state index in [4.69, 9.17) is 23.2 Å². The van der Waals surface area contributed by atoms with Crippen molar-refractivity contribution in [3.05, 3.63) is 94.0 Å². The summed E-state index contributed by atoms with van der Waals surface area (Å²) in [4.78, 5) is 28.1. The Labute approximate surface area is 228 Å². The summed E-state index contributed by atoms with van der Waals surface area (Å²) in [5.74, 6) is -0.957. The molecule has 3 aromatic rings. The summed E-state index contributed by atoms with van der Waals surface area (Å²) in [7, 11) is -2.64. The standard InChI is InChI=1S/C27H29Cl2N3O4S/c1-4-24(27(34)30-3)31(17-21-22(28)14-10-15-23(21)29)26(33)18-32(25-16-9-8-11-19(25)2)37(35,36)20-12-6-5-7-13-20/h5-16,24H,4,17-18H2,1-3H3,(H,30,34). The second-order valence-corrected chi connectivity index (χ2v) is 11.0. The maximum Gasteiger partial charge on any atom is 0.264 e. The van der Waals surface area contributed by atoms with E-state index >= 15 is 0 Å². The number of rotatable bonds is 10. The van der Waals surface area contributed by atoms with Crippen LogP contribution in [0.2, 0.25) is 10.0 Å². The highest BCUT2D eigenvalue weighted by molar-refractivity contribution is 7.92. The average Bonchev–Trinajstić information content (AvgIpc) is 2.89. The molecule has 0 saturated heterocycles. The summed E-state index contributed by atoms with van der Waals surface area (Å²) < 4.78 is 28.6. The minimum atomic E-state index is -4.12. The molecule has 0 radical (unpaired) electrons. The first-order chi connectivity index (χ1) is 17.6. The van der Waals surface area contributed by atoms with Gasteiger partial charge in [0.25, 0.3) is 10.0 Å². The van der Waals surface area contributed by atoms with Crippen LogP contribution < -0.4 is 9.62 Å². The molecule has 1 N–H and O–H groups in total. The molecule has 0 aliphatic rings. The average molecular weight is 563 g/mol. The first-order valence-corrected chi connectivity index (χ1v) is 13.9. The van der Waals surface area contributed by atoms with Crippen molar-refractivity contribution in [1.82, 2.24) is 10.2 Å². The number of likely N-dealkylation sites (N-methyl/N-ethyl adjacent to an activating group) is 1. The van der Waals surface area contributed by atoms with Gasteiger partial charge in [-0.2, -0.15) is 0 Å². The minimum Gasteiger partial charge on any atom is -0.357 e. The van der Waals surface area contributed by atoms with Crippen LogP contribution in [0.5, 0.6) is 0 Å². The molecule has 3 rings (SSSR count). The number of para-hydroxylation sites is 1. The van der Waals surface area contributed by atoms with Gasteiger partial charge >= 0.3 is 0 Å². The number of carbonyl (C=O) groups excluding carboxylic acids is 2. The number of benzene rings is 3. The largest absolute Gasteiger partial charge is 0.357 e. The van der Waals surface area contributed by atoms with Gasteiger partial charge in [-0.15, -0.1) is 0 Å². The van der Waals surface area contributed by atoms with Gasteiger partial charge in [-0.05, 0) is 49.2 Å². The monoisotopic (exact) mass is 561 g/mol. The third kappa shape index (κ3) is 6.44. The highest BCUT2D eigenvalue weighted by Crippen LogP contribution is 2.29. The Bertz CT molecular complexity index is 1350. The number of amides is 2. The second kappa shape index (κ2) is 12.4. The van der Waals surface area contributed by atoms with E-state index in [2.05, 4.69) is 5.32 Å². The van der Waals surface area contributed by atoms with Crippen molar-refractivity contribution in [2.24, 2.45) is 0 Å². The van der Waals surface area contributed by atoms with E-state index in [0.29, 0.717) is 33.3 Å². The van der Waals surface area contributed by atoms with Gasteiger partial charge in [-0.25, -0.2) is 8.42 Å². The van der Waals surface area contributed by atoms with E-state index in [1.165, 1.54) is 24.1 Å². The molecular formula is C27H29Cl2N3O4S. The molecule has 0 spiro atoms. The lowest BCUT2D eigenvalue weighted by Crippen LogP contribution is -2.52. The number of aryl methyl sites for hydroxylation is 1. The molecule has 0 aliphatic heterocycles. The molecule has 7 nitrogen and oxygen atoms in total. The molecule has 0 aromatic heterocycles. The molecule has 0 saturated carbocycles. The number of nitrogens with zero attached hydrogens (tertiary/aromatic N) is 2. The number of hydrogen-bond acceptors (Lipinski definition) is 4. The zero-order valence-corrected chi connectivity index (χ0v) is 23.1. The van der Waals surface area contributed by atoms with E-state index < -0.39 is 28.5 Å². The lowest BCUT2D eigenvalue weighted by molar-refractivity contribution is -0.140. The van der Waals surface area contributed by atoms with Crippen molar-refractivity contribution in [2.45, 2.75) is 37.8 Å². The van der Waals surface area contributed by atoms with Gasteiger partial charge in [-0.1, -0.05) is 72.6 Å². The third-order valence-corrected chi connectivity index (χ3v) is 8.50. The number of sulfonamides is 1. The second-order valence-electron chi connectivity index (χ2n) is 8.37. The molecule has 0 aliphatic carbocycles. The molecule has 3 aromatic carbocycles. The molecule has 2 amide bonds. The molecule has 0 heterocycles. The SMILES string of the molecule is CCC(C(=O)NC)N(Cc1c(Cl)cccc1Cl)C(=O)CN(c1ccccc1C)S(=O)(=O)c1ccccc1. The Morgan fingerprint density at radius 2 is 1.51 bits per heavy atom. The molecular weight excluding hydrogens is 533 g/mol. The molecule has 1 atom stereocenters. The van der Waals surface area contributed by atoms with E-state index in [9.17, 15) is 18.0 Å². The van der Waals surface area contributed by atoms with E-state index in [-0.39, 0.29) is 17.3 Å². The Morgan fingerprint density at radius 1 is 0.919 bits per heavy atom. The molecule has 0 bridgehead atoms. The van der Waals surface area contributed by atoms with Crippen LogP contribution in [0.15, 0.2) is 77.7 Å². The maximum absolute atomic E-state index is 13.9. The van der Waals surface area contributed by atoms with Crippen molar-refractivity contribution in [3.63, 3.8) is 0 Å². The molecule has 37 heavy (non-hydrogen) atoms. The van der Waals surface area contributed by atoms with Crippen LogP contribution in [0.1, 0.15) is 24.5 Å². The fraction of sp³-hybridized carbons (Fsp3) is 0.259. The van der Waals surface area contributed by atoms with E-state index in [1.807, 2.05) is 0 Å². The summed E-state index contributed by atoms with van der Waals surface area (Å²) in [6.45, 7) is 2.94. The van der Waals surface area contributed by atoms with Gasteiger partial charge in [0.2, 0.25) is 11.8 Å². The Kier molecular flexibility index (Phi) is 9.59. The Hall–Kier alpha value is -3.07. The van der Waals surface area contributed by atoms with Crippen molar-refractivity contribution in [1.29, 1.82) is 0 Å². The predicted octanol–water partition coefficient (Wildman–Crippen LogP) is 5.05. The van der Waals surface area contributed by atoms with Crippen LogP contribution in [0.25, 0.3) is 0 Å². The Balaban J connectivity index is 2.10. The number of carbonyl (C=O) groups is 2. The smallest absolute Gasteiger partial charge is 0.264 e. The summed E-state index contributed by atoms with van der Waals surface area (Å²) in [5, 5.41) is 3.26. The minimum absolute atomic E-state index is 0.0464. The number of anilines is 1. The summed E-state index contributed by atoms with van der Waals surface area (Å²) in [6, 6.07) is 18.9. The maximum atomic E-state index is 13.9.